The predicted molar refractivity (Wildman–Crippen MR) is 108 cm³/mol. The van der Waals surface area contributed by atoms with E-state index in [1.165, 1.54) is 38.5 Å². The lowest BCUT2D eigenvalue weighted by Crippen LogP contribution is -2.07. The van der Waals surface area contributed by atoms with Crippen molar-refractivity contribution in [3.63, 3.8) is 0 Å². The number of ether oxygens (including phenoxy) is 2. The number of unbranched alkanes of at least 4 members (excludes halogenated alkanes) is 7. The molecule has 0 atom stereocenters. The topological polar surface area (TPSA) is 68.9 Å². The zero-order chi connectivity index (χ0) is 19.6. The third-order valence-corrected chi connectivity index (χ3v) is 4.42. The number of hydrogen-bond acceptors (Lipinski definition) is 5. The van der Waals surface area contributed by atoms with Crippen LogP contribution >= 0.6 is 0 Å². The maximum absolute atomic E-state index is 11.9. The van der Waals surface area contributed by atoms with E-state index in [9.17, 15) is 9.90 Å². The molecule has 1 aromatic carbocycles. The van der Waals surface area contributed by atoms with Crippen molar-refractivity contribution in [2.45, 2.75) is 78.2 Å². The molecule has 1 N–H and O–H groups in total. The molecular formula is C22H32O5. The quantitative estimate of drug-likeness (QED) is 0.374. The molecule has 2 rings (SSSR count). The third-order valence-electron chi connectivity index (χ3n) is 4.42. The van der Waals surface area contributed by atoms with Crippen LogP contribution in [0.2, 0.25) is 0 Å². The Morgan fingerprint density at radius 3 is 2.37 bits per heavy atom. The molecule has 1 heterocycles. The minimum Gasteiger partial charge on any atom is -0.499 e. The van der Waals surface area contributed by atoms with Gasteiger partial charge in [-0.05, 0) is 32.4 Å². The van der Waals surface area contributed by atoms with E-state index < -0.39 is 11.4 Å². The van der Waals surface area contributed by atoms with Gasteiger partial charge in [-0.3, -0.25) is 0 Å². The molecule has 27 heavy (non-hydrogen) atoms. The standard InChI is InChI=1S/C22H32O5/c1-4-5-6-7-8-9-10-11-14-25-21-18-13-12-17(26-16(2)3)15-19(18)27-22(24)20(21)23/h12-13,15-16,23H,4-11,14H2,1-3H3. The van der Waals surface area contributed by atoms with Crippen LogP contribution in [-0.2, 0) is 0 Å². The molecule has 5 heteroatoms. The third kappa shape index (κ3) is 6.49. The van der Waals surface area contributed by atoms with Gasteiger partial charge in [0, 0.05) is 6.07 Å². The summed E-state index contributed by atoms with van der Waals surface area (Å²) in [6, 6.07) is 5.18. The molecule has 2 aromatic rings. The van der Waals surface area contributed by atoms with Gasteiger partial charge in [0.05, 0.1) is 18.1 Å². The molecule has 0 radical (unpaired) electrons. The van der Waals surface area contributed by atoms with Crippen LogP contribution in [0.1, 0.15) is 72.1 Å². The number of hydrogen-bond donors (Lipinski definition) is 1. The van der Waals surface area contributed by atoms with Gasteiger partial charge in [0.15, 0.2) is 5.75 Å². The lowest BCUT2D eigenvalue weighted by molar-refractivity contribution is 0.242. The van der Waals surface area contributed by atoms with Crippen LogP contribution < -0.4 is 15.1 Å². The summed E-state index contributed by atoms with van der Waals surface area (Å²) in [5.74, 6) is 0.334. The van der Waals surface area contributed by atoms with Gasteiger partial charge in [-0.2, -0.15) is 0 Å². The van der Waals surface area contributed by atoms with E-state index in [-0.39, 0.29) is 11.9 Å². The Labute approximate surface area is 161 Å². The number of benzene rings is 1. The molecule has 1 aromatic heterocycles. The average molecular weight is 376 g/mol. The molecule has 150 valence electrons. The van der Waals surface area contributed by atoms with Gasteiger partial charge in [-0.15, -0.1) is 0 Å². The van der Waals surface area contributed by atoms with Gasteiger partial charge in [0.2, 0.25) is 5.75 Å². The molecule has 0 saturated heterocycles. The molecule has 0 aliphatic heterocycles. The summed E-state index contributed by atoms with van der Waals surface area (Å²) in [5, 5.41) is 10.6. The summed E-state index contributed by atoms with van der Waals surface area (Å²) in [6.45, 7) is 6.54. The molecule has 0 bridgehead atoms. The molecule has 0 aliphatic carbocycles. The Balaban J connectivity index is 1.94. The van der Waals surface area contributed by atoms with E-state index in [0.717, 1.165) is 12.8 Å². The fraction of sp³-hybridized carbons (Fsp3) is 0.591. The highest BCUT2D eigenvalue weighted by Crippen LogP contribution is 2.34. The Morgan fingerprint density at radius 1 is 1.04 bits per heavy atom. The van der Waals surface area contributed by atoms with Crippen molar-refractivity contribution in [3.8, 4) is 17.2 Å². The fourth-order valence-electron chi connectivity index (χ4n) is 3.04. The summed E-state index contributed by atoms with van der Waals surface area (Å²) < 4.78 is 16.6. The second-order valence-corrected chi connectivity index (χ2v) is 7.22. The normalized spacial score (nSPS) is 11.3. The zero-order valence-electron chi connectivity index (χ0n) is 16.8. The Kier molecular flexibility index (Phi) is 8.49. The van der Waals surface area contributed by atoms with E-state index >= 15 is 0 Å². The second kappa shape index (κ2) is 10.9. The molecule has 5 nitrogen and oxygen atoms in total. The summed E-state index contributed by atoms with van der Waals surface area (Å²) in [5.41, 5.74) is -0.447. The van der Waals surface area contributed by atoms with Crippen LogP contribution in [-0.4, -0.2) is 17.8 Å². The Bertz CT molecular complexity index is 763. The average Bonchev–Trinajstić information content (AvgIpc) is 2.62. The van der Waals surface area contributed by atoms with Crippen molar-refractivity contribution in [1.29, 1.82) is 0 Å². The lowest BCUT2D eigenvalue weighted by atomic mass is 10.1. The first-order valence-corrected chi connectivity index (χ1v) is 10.1. The van der Waals surface area contributed by atoms with Crippen LogP contribution in [0, 0.1) is 0 Å². The van der Waals surface area contributed by atoms with E-state index in [2.05, 4.69) is 6.92 Å². The van der Waals surface area contributed by atoms with Crippen molar-refractivity contribution < 1.29 is 19.0 Å². The molecular weight excluding hydrogens is 344 g/mol. The maximum atomic E-state index is 11.9. The highest BCUT2D eigenvalue weighted by atomic mass is 16.5. The van der Waals surface area contributed by atoms with Crippen LogP contribution in [0.15, 0.2) is 27.4 Å². The largest absolute Gasteiger partial charge is 0.499 e. The van der Waals surface area contributed by atoms with E-state index in [1.807, 2.05) is 13.8 Å². The molecule has 0 unspecified atom stereocenters. The van der Waals surface area contributed by atoms with Gasteiger partial charge in [-0.25, -0.2) is 4.79 Å². The van der Waals surface area contributed by atoms with E-state index in [0.29, 0.717) is 23.3 Å². The Morgan fingerprint density at radius 2 is 1.70 bits per heavy atom. The summed E-state index contributed by atoms with van der Waals surface area (Å²) in [4.78, 5) is 11.9. The van der Waals surface area contributed by atoms with Crippen LogP contribution in [0.5, 0.6) is 17.2 Å². The molecule has 0 fully saturated rings. The molecule has 0 amide bonds. The smallest absolute Gasteiger partial charge is 0.382 e. The predicted octanol–water partition coefficient (Wildman–Crippen LogP) is 5.81. The molecule has 0 aliphatic rings. The highest BCUT2D eigenvalue weighted by molar-refractivity contribution is 5.86. The van der Waals surface area contributed by atoms with Gasteiger partial charge in [0.1, 0.15) is 11.3 Å². The number of aromatic hydroxyl groups is 1. The van der Waals surface area contributed by atoms with Crippen molar-refractivity contribution in [2.75, 3.05) is 6.61 Å². The summed E-state index contributed by atoms with van der Waals surface area (Å²) in [6.07, 6.45) is 9.62. The minimum absolute atomic E-state index is 0.0176. The second-order valence-electron chi connectivity index (χ2n) is 7.22. The van der Waals surface area contributed by atoms with Gasteiger partial charge in [0.25, 0.3) is 0 Å². The van der Waals surface area contributed by atoms with Gasteiger partial charge in [-0.1, -0.05) is 51.9 Å². The van der Waals surface area contributed by atoms with Gasteiger partial charge >= 0.3 is 5.63 Å². The first-order chi connectivity index (χ1) is 13.0. The maximum Gasteiger partial charge on any atom is 0.382 e. The zero-order valence-corrected chi connectivity index (χ0v) is 16.8. The van der Waals surface area contributed by atoms with Crippen LogP contribution in [0.4, 0.5) is 0 Å². The highest BCUT2D eigenvalue weighted by Gasteiger charge is 2.16. The van der Waals surface area contributed by atoms with E-state index in [1.54, 1.807) is 18.2 Å². The molecule has 0 saturated carbocycles. The van der Waals surface area contributed by atoms with E-state index in [4.69, 9.17) is 13.9 Å². The summed E-state index contributed by atoms with van der Waals surface area (Å²) in [7, 11) is 0. The number of fused-ring (bicyclic) bond motifs is 1. The monoisotopic (exact) mass is 376 g/mol. The Hall–Kier alpha value is -2.17. The lowest BCUT2D eigenvalue weighted by Gasteiger charge is -2.12. The fourth-order valence-corrected chi connectivity index (χ4v) is 3.04. The minimum atomic E-state index is -0.796. The van der Waals surface area contributed by atoms with Crippen molar-refractivity contribution in [1.82, 2.24) is 0 Å². The SMILES string of the molecule is CCCCCCCCCCOc1c(O)c(=O)oc2cc(OC(C)C)ccc12. The van der Waals surface area contributed by atoms with Crippen LogP contribution in [0.25, 0.3) is 11.0 Å². The first kappa shape index (κ1) is 21.1. The van der Waals surface area contributed by atoms with Crippen molar-refractivity contribution in [3.05, 3.63) is 28.6 Å². The molecule has 0 spiro atoms. The number of rotatable bonds is 12. The van der Waals surface area contributed by atoms with Crippen LogP contribution in [0.3, 0.4) is 0 Å². The van der Waals surface area contributed by atoms with Crippen molar-refractivity contribution in [2.24, 2.45) is 0 Å². The first-order valence-electron chi connectivity index (χ1n) is 10.1. The van der Waals surface area contributed by atoms with Gasteiger partial charge < -0.3 is 19.0 Å². The van der Waals surface area contributed by atoms with Crippen molar-refractivity contribution >= 4 is 11.0 Å². The summed E-state index contributed by atoms with van der Waals surface area (Å²) >= 11 is 0.